The molecule has 20 heavy (non-hydrogen) atoms. The summed E-state index contributed by atoms with van der Waals surface area (Å²) in [4.78, 5) is 0. The Kier molecular flexibility index (Phi) is 6.53. The van der Waals surface area contributed by atoms with Crippen LogP contribution in [0.1, 0.15) is 51.0 Å². The average molecular weight is 288 g/mol. The number of aliphatic hydroxyl groups is 1. The number of halogens is 3. The molecule has 0 aliphatic heterocycles. The van der Waals surface area contributed by atoms with E-state index in [1.807, 2.05) is 37.3 Å². The molecule has 1 unspecified atom stereocenters. The molecule has 0 aliphatic rings. The van der Waals surface area contributed by atoms with Gasteiger partial charge in [0.25, 0.3) is 0 Å². The van der Waals surface area contributed by atoms with Gasteiger partial charge in [0.15, 0.2) is 0 Å². The Morgan fingerprint density at radius 2 is 1.65 bits per heavy atom. The maximum absolute atomic E-state index is 12.6. The standard InChI is InChI=1S/C16H23F3O/c1-2-3-7-11-15(20,13-16(17,18)19)12-10-14-8-5-4-6-9-14/h4-6,8-9,20H,2-3,7,10-13H2,1H3. The zero-order valence-electron chi connectivity index (χ0n) is 11.9. The summed E-state index contributed by atoms with van der Waals surface area (Å²) in [5.74, 6) is 0. The lowest BCUT2D eigenvalue weighted by Crippen LogP contribution is -2.35. The van der Waals surface area contributed by atoms with Crippen molar-refractivity contribution >= 4 is 0 Å². The summed E-state index contributed by atoms with van der Waals surface area (Å²) < 4.78 is 37.9. The van der Waals surface area contributed by atoms with Crippen LogP contribution in [0.15, 0.2) is 30.3 Å². The molecule has 0 fully saturated rings. The molecule has 1 aromatic carbocycles. The first kappa shape index (κ1) is 17.0. The van der Waals surface area contributed by atoms with Crippen molar-refractivity contribution in [1.29, 1.82) is 0 Å². The summed E-state index contributed by atoms with van der Waals surface area (Å²) in [7, 11) is 0. The van der Waals surface area contributed by atoms with Gasteiger partial charge in [-0.15, -0.1) is 0 Å². The maximum Gasteiger partial charge on any atom is 0.391 e. The molecule has 0 aliphatic carbocycles. The number of aryl methyl sites for hydroxylation is 1. The van der Waals surface area contributed by atoms with E-state index in [2.05, 4.69) is 0 Å². The summed E-state index contributed by atoms with van der Waals surface area (Å²) in [6.45, 7) is 1.99. The minimum Gasteiger partial charge on any atom is -0.390 e. The minimum absolute atomic E-state index is 0.153. The first-order chi connectivity index (χ1) is 9.35. The number of hydrogen-bond donors (Lipinski definition) is 1. The van der Waals surface area contributed by atoms with E-state index < -0.39 is 18.2 Å². The van der Waals surface area contributed by atoms with Crippen LogP contribution in [-0.4, -0.2) is 16.9 Å². The zero-order chi connectivity index (χ0) is 15.1. The monoisotopic (exact) mass is 288 g/mol. The van der Waals surface area contributed by atoms with E-state index in [9.17, 15) is 18.3 Å². The Morgan fingerprint density at radius 1 is 1.00 bits per heavy atom. The van der Waals surface area contributed by atoms with Gasteiger partial charge in [-0.1, -0.05) is 56.5 Å². The van der Waals surface area contributed by atoms with Crippen molar-refractivity contribution in [1.82, 2.24) is 0 Å². The fourth-order valence-electron chi connectivity index (χ4n) is 2.40. The summed E-state index contributed by atoms with van der Waals surface area (Å²) in [6.07, 6.45) is -2.18. The van der Waals surface area contributed by atoms with Crippen LogP contribution >= 0.6 is 0 Å². The highest BCUT2D eigenvalue weighted by Gasteiger charge is 2.40. The molecule has 0 radical (unpaired) electrons. The van der Waals surface area contributed by atoms with Gasteiger partial charge in [0.2, 0.25) is 0 Å². The molecule has 1 N–H and O–H groups in total. The van der Waals surface area contributed by atoms with Gasteiger partial charge >= 0.3 is 6.18 Å². The predicted molar refractivity (Wildman–Crippen MR) is 74.5 cm³/mol. The molecular formula is C16H23F3O. The second-order valence-corrected chi connectivity index (χ2v) is 5.46. The summed E-state index contributed by atoms with van der Waals surface area (Å²) in [6, 6.07) is 9.33. The molecule has 4 heteroatoms. The second-order valence-electron chi connectivity index (χ2n) is 5.46. The van der Waals surface area contributed by atoms with Crippen LogP contribution < -0.4 is 0 Å². The van der Waals surface area contributed by atoms with Crippen molar-refractivity contribution in [2.24, 2.45) is 0 Å². The Balaban J connectivity index is 2.61. The van der Waals surface area contributed by atoms with Crippen molar-refractivity contribution in [3.05, 3.63) is 35.9 Å². The highest BCUT2D eigenvalue weighted by atomic mass is 19.4. The molecular weight excluding hydrogens is 265 g/mol. The number of rotatable bonds is 8. The minimum atomic E-state index is -4.32. The maximum atomic E-state index is 12.6. The fourth-order valence-corrected chi connectivity index (χ4v) is 2.40. The number of benzene rings is 1. The topological polar surface area (TPSA) is 20.2 Å². The Bertz CT molecular complexity index is 375. The quantitative estimate of drug-likeness (QED) is 0.676. The Morgan fingerprint density at radius 3 is 2.20 bits per heavy atom. The number of unbranched alkanes of at least 4 members (excludes halogenated alkanes) is 2. The molecule has 114 valence electrons. The van der Waals surface area contributed by atoms with E-state index in [4.69, 9.17) is 0 Å². The second kappa shape index (κ2) is 7.67. The molecule has 1 aromatic rings. The average Bonchev–Trinajstić information content (AvgIpc) is 2.36. The van der Waals surface area contributed by atoms with Crippen molar-refractivity contribution < 1.29 is 18.3 Å². The van der Waals surface area contributed by atoms with Crippen molar-refractivity contribution in [3.8, 4) is 0 Å². The largest absolute Gasteiger partial charge is 0.391 e. The van der Waals surface area contributed by atoms with Gasteiger partial charge in [0, 0.05) is 0 Å². The van der Waals surface area contributed by atoms with E-state index in [-0.39, 0.29) is 12.8 Å². The van der Waals surface area contributed by atoms with Gasteiger partial charge in [-0.3, -0.25) is 0 Å². The Labute approximate surface area is 118 Å². The highest BCUT2D eigenvalue weighted by molar-refractivity contribution is 5.15. The molecule has 0 amide bonds. The van der Waals surface area contributed by atoms with Crippen LogP contribution in [0.5, 0.6) is 0 Å². The van der Waals surface area contributed by atoms with Crippen LogP contribution in [0.25, 0.3) is 0 Å². The molecule has 0 saturated heterocycles. The first-order valence-electron chi connectivity index (χ1n) is 7.18. The SMILES string of the molecule is CCCCCC(O)(CCc1ccccc1)CC(F)(F)F. The van der Waals surface area contributed by atoms with Crippen LogP contribution in [0.2, 0.25) is 0 Å². The van der Waals surface area contributed by atoms with Crippen LogP contribution in [-0.2, 0) is 6.42 Å². The third kappa shape index (κ3) is 6.94. The summed E-state index contributed by atoms with van der Waals surface area (Å²) in [5.41, 5.74) is -0.674. The summed E-state index contributed by atoms with van der Waals surface area (Å²) in [5, 5.41) is 10.3. The Hall–Kier alpha value is -1.03. The van der Waals surface area contributed by atoms with Crippen LogP contribution in [0.3, 0.4) is 0 Å². The normalized spacial score (nSPS) is 15.1. The molecule has 0 spiro atoms. The van der Waals surface area contributed by atoms with Gasteiger partial charge in [-0.25, -0.2) is 0 Å². The molecule has 0 saturated carbocycles. The van der Waals surface area contributed by atoms with Crippen molar-refractivity contribution in [3.63, 3.8) is 0 Å². The molecule has 0 heterocycles. The lowest BCUT2D eigenvalue weighted by atomic mass is 9.86. The first-order valence-corrected chi connectivity index (χ1v) is 7.18. The third-order valence-electron chi connectivity index (χ3n) is 3.50. The molecule has 1 nitrogen and oxygen atoms in total. The van der Waals surface area contributed by atoms with Gasteiger partial charge in [0.05, 0.1) is 12.0 Å². The van der Waals surface area contributed by atoms with Crippen molar-refractivity contribution in [2.75, 3.05) is 0 Å². The van der Waals surface area contributed by atoms with Crippen LogP contribution in [0.4, 0.5) is 13.2 Å². The van der Waals surface area contributed by atoms with E-state index >= 15 is 0 Å². The van der Waals surface area contributed by atoms with Gasteiger partial charge in [-0.05, 0) is 24.8 Å². The number of hydrogen-bond acceptors (Lipinski definition) is 1. The van der Waals surface area contributed by atoms with E-state index in [0.717, 1.165) is 18.4 Å². The predicted octanol–water partition coefficient (Wildman–Crippen LogP) is 4.88. The zero-order valence-corrected chi connectivity index (χ0v) is 11.9. The van der Waals surface area contributed by atoms with Crippen molar-refractivity contribution in [2.45, 2.75) is 63.6 Å². The lowest BCUT2D eigenvalue weighted by Gasteiger charge is -2.29. The van der Waals surface area contributed by atoms with Gasteiger partial charge in [-0.2, -0.15) is 13.2 Å². The molecule has 0 aromatic heterocycles. The molecule has 0 bridgehead atoms. The summed E-state index contributed by atoms with van der Waals surface area (Å²) >= 11 is 0. The molecule has 1 rings (SSSR count). The number of alkyl halides is 3. The van der Waals surface area contributed by atoms with Crippen LogP contribution in [0, 0.1) is 0 Å². The highest BCUT2D eigenvalue weighted by Crippen LogP contribution is 2.34. The van der Waals surface area contributed by atoms with Gasteiger partial charge in [0.1, 0.15) is 0 Å². The fraction of sp³-hybridized carbons (Fsp3) is 0.625. The van der Waals surface area contributed by atoms with Gasteiger partial charge < -0.3 is 5.11 Å². The van der Waals surface area contributed by atoms with E-state index in [1.165, 1.54) is 0 Å². The van der Waals surface area contributed by atoms with E-state index in [1.54, 1.807) is 0 Å². The lowest BCUT2D eigenvalue weighted by molar-refractivity contribution is -0.179. The molecule has 1 atom stereocenters. The third-order valence-corrected chi connectivity index (χ3v) is 3.50. The smallest absolute Gasteiger partial charge is 0.390 e. The van der Waals surface area contributed by atoms with E-state index in [0.29, 0.717) is 12.8 Å².